The van der Waals surface area contributed by atoms with Crippen LogP contribution in [0.1, 0.15) is 26.2 Å². The lowest BCUT2D eigenvalue weighted by Gasteiger charge is -2.34. The van der Waals surface area contributed by atoms with E-state index >= 15 is 0 Å². The van der Waals surface area contributed by atoms with E-state index in [0.717, 1.165) is 32.4 Å². The van der Waals surface area contributed by atoms with Crippen molar-refractivity contribution in [2.75, 3.05) is 52.5 Å². The summed E-state index contributed by atoms with van der Waals surface area (Å²) in [5.74, 6) is 0.589. The third kappa shape index (κ3) is 5.46. The molecule has 2 N–H and O–H groups in total. The summed E-state index contributed by atoms with van der Waals surface area (Å²) in [6, 6.07) is 0. The second kappa shape index (κ2) is 8.40. The molecular weight excluding hydrogens is 292 g/mol. The Morgan fingerprint density at radius 3 is 2.43 bits per heavy atom. The van der Waals surface area contributed by atoms with Gasteiger partial charge in [-0.25, -0.2) is 5.01 Å². The minimum Gasteiger partial charge on any atom is -0.379 e. The Kier molecular flexibility index (Phi) is 6.84. The van der Waals surface area contributed by atoms with Crippen molar-refractivity contribution in [1.82, 2.24) is 19.5 Å². The van der Waals surface area contributed by atoms with Gasteiger partial charge in [0.2, 0.25) is 0 Å². The van der Waals surface area contributed by atoms with E-state index in [1.165, 1.54) is 0 Å². The molecule has 0 radical (unpaired) electrons. The Bertz CT molecular complexity index is 390. The van der Waals surface area contributed by atoms with Crippen molar-refractivity contribution in [2.24, 2.45) is 5.92 Å². The third-order valence-electron chi connectivity index (χ3n) is 4.03. The fourth-order valence-electron chi connectivity index (χ4n) is 2.71. The molecule has 0 amide bonds. The van der Waals surface area contributed by atoms with Crippen LogP contribution in [0.2, 0.25) is 0 Å². The maximum atomic E-state index is 12.3. The summed E-state index contributed by atoms with van der Waals surface area (Å²) >= 11 is 0. The van der Waals surface area contributed by atoms with Crippen LogP contribution < -0.4 is 10.1 Å². The van der Waals surface area contributed by atoms with Gasteiger partial charge in [0.1, 0.15) is 0 Å². The Hall–Kier alpha value is -0.250. The molecule has 0 aromatic rings. The second-order valence-corrected chi connectivity index (χ2v) is 7.39. The third-order valence-corrected chi connectivity index (χ3v) is 5.56. The van der Waals surface area contributed by atoms with Crippen LogP contribution in [0.25, 0.3) is 0 Å². The zero-order valence-electron chi connectivity index (χ0n) is 12.9. The summed E-state index contributed by atoms with van der Waals surface area (Å²) in [7, 11) is -3.40. The number of piperidine rings is 1. The fraction of sp³-hybridized carbons (Fsp3) is 1.00. The molecule has 2 aliphatic heterocycles. The minimum atomic E-state index is -3.40. The molecule has 2 saturated heterocycles. The molecule has 2 aliphatic rings. The number of hydrogen-bond donors (Lipinski definition) is 2. The highest BCUT2D eigenvalue weighted by Crippen LogP contribution is 2.18. The van der Waals surface area contributed by atoms with E-state index in [1.54, 1.807) is 9.31 Å². The molecule has 0 aliphatic carbocycles. The highest BCUT2D eigenvalue weighted by atomic mass is 32.2. The normalized spacial score (nSPS) is 23.5. The molecule has 124 valence electrons. The van der Waals surface area contributed by atoms with E-state index in [0.29, 0.717) is 45.3 Å². The van der Waals surface area contributed by atoms with Crippen molar-refractivity contribution in [3.63, 3.8) is 0 Å². The smallest absolute Gasteiger partial charge is 0.292 e. The minimum absolute atomic E-state index is 0.577. The first kappa shape index (κ1) is 17.1. The molecule has 0 bridgehead atoms. The molecule has 8 heteroatoms. The highest BCUT2D eigenvalue weighted by Gasteiger charge is 2.29. The van der Waals surface area contributed by atoms with Gasteiger partial charge in [0.25, 0.3) is 10.2 Å². The molecule has 0 aromatic carbocycles. The van der Waals surface area contributed by atoms with Gasteiger partial charge < -0.3 is 10.1 Å². The average Bonchev–Trinajstić information content (AvgIpc) is 2.49. The topological polar surface area (TPSA) is 73.9 Å². The van der Waals surface area contributed by atoms with E-state index in [4.69, 9.17) is 4.74 Å². The van der Waals surface area contributed by atoms with E-state index in [-0.39, 0.29) is 0 Å². The lowest BCUT2D eigenvalue weighted by molar-refractivity contribution is 0.0259. The van der Waals surface area contributed by atoms with Crippen LogP contribution in [0.5, 0.6) is 0 Å². The number of hydrogen-bond acceptors (Lipinski definition) is 5. The SMILES string of the molecule is CCCNCC1CCN(S(=O)(=O)NN2CCOCC2)CC1. The maximum Gasteiger partial charge on any atom is 0.292 e. The number of nitrogens with one attached hydrogen (secondary N) is 2. The first-order valence-corrected chi connectivity index (χ1v) is 9.36. The van der Waals surface area contributed by atoms with Crippen molar-refractivity contribution in [3.05, 3.63) is 0 Å². The van der Waals surface area contributed by atoms with E-state index in [2.05, 4.69) is 17.1 Å². The number of rotatable bonds is 7. The maximum absolute atomic E-state index is 12.3. The van der Waals surface area contributed by atoms with Crippen LogP contribution in [0.15, 0.2) is 0 Å². The molecule has 0 saturated carbocycles. The quantitative estimate of drug-likeness (QED) is 0.635. The molecule has 0 spiro atoms. The van der Waals surface area contributed by atoms with Crippen LogP contribution in [-0.2, 0) is 14.9 Å². The number of morpholine rings is 1. The summed E-state index contributed by atoms with van der Waals surface area (Å²) in [6.07, 6.45) is 3.00. The molecular formula is C13H28N4O3S. The van der Waals surface area contributed by atoms with Crippen LogP contribution >= 0.6 is 0 Å². The van der Waals surface area contributed by atoms with Crippen LogP contribution in [-0.4, -0.2) is 70.2 Å². The monoisotopic (exact) mass is 320 g/mol. The second-order valence-electron chi connectivity index (χ2n) is 5.74. The lowest BCUT2D eigenvalue weighted by atomic mass is 9.98. The highest BCUT2D eigenvalue weighted by molar-refractivity contribution is 7.87. The van der Waals surface area contributed by atoms with Crippen molar-refractivity contribution in [3.8, 4) is 0 Å². The van der Waals surface area contributed by atoms with Gasteiger partial charge in [-0.1, -0.05) is 6.92 Å². The first-order chi connectivity index (χ1) is 10.1. The zero-order valence-corrected chi connectivity index (χ0v) is 13.7. The Morgan fingerprint density at radius 1 is 1.14 bits per heavy atom. The first-order valence-electron chi connectivity index (χ1n) is 7.92. The Balaban J connectivity index is 1.74. The number of hydrazine groups is 1. The van der Waals surface area contributed by atoms with Crippen molar-refractivity contribution in [1.29, 1.82) is 0 Å². The molecule has 2 rings (SSSR count). The van der Waals surface area contributed by atoms with Gasteiger partial charge in [0.05, 0.1) is 13.2 Å². The predicted molar refractivity (Wildman–Crippen MR) is 81.9 cm³/mol. The summed E-state index contributed by atoms with van der Waals surface area (Å²) in [5.41, 5.74) is 0. The van der Waals surface area contributed by atoms with Crippen molar-refractivity contribution in [2.45, 2.75) is 26.2 Å². The fourth-order valence-corrected chi connectivity index (χ4v) is 4.03. The Morgan fingerprint density at radius 2 is 1.81 bits per heavy atom. The van der Waals surface area contributed by atoms with Gasteiger partial charge in [-0.2, -0.15) is 12.7 Å². The summed E-state index contributed by atoms with van der Waals surface area (Å²) in [4.78, 5) is 2.67. The molecule has 7 nitrogen and oxygen atoms in total. The van der Waals surface area contributed by atoms with Crippen LogP contribution in [0.3, 0.4) is 0 Å². The van der Waals surface area contributed by atoms with Gasteiger partial charge in [-0.3, -0.25) is 0 Å². The largest absolute Gasteiger partial charge is 0.379 e. The van der Waals surface area contributed by atoms with E-state index < -0.39 is 10.2 Å². The number of ether oxygens (including phenoxy) is 1. The molecule has 0 atom stereocenters. The predicted octanol–water partition coefficient (Wildman–Crippen LogP) is -0.220. The van der Waals surface area contributed by atoms with E-state index in [9.17, 15) is 8.42 Å². The van der Waals surface area contributed by atoms with Crippen LogP contribution in [0, 0.1) is 5.92 Å². The molecule has 2 heterocycles. The standard InChI is InChI=1S/C13H28N4O3S/c1-2-5-14-12-13-3-6-17(7-4-13)21(18,19)15-16-8-10-20-11-9-16/h13-15H,2-12H2,1H3. The van der Waals surface area contributed by atoms with Gasteiger partial charge in [-0.15, -0.1) is 4.83 Å². The van der Waals surface area contributed by atoms with Gasteiger partial charge in [-0.05, 0) is 38.3 Å². The molecule has 0 aromatic heterocycles. The molecule has 0 unspecified atom stereocenters. The summed E-state index contributed by atoms with van der Waals surface area (Å²) < 4.78 is 31.5. The van der Waals surface area contributed by atoms with Gasteiger partial charge >= 0.3 is 0 Å². The van der Waals surface area contributed by atoms with Gasteiger partial charge in [0, 0.05) is 26.2 Å². The number of nitrogens with zero attached hydrogens (tertiary/aromatic N) is 2. The average molecular weight is 320 g/mol. The van der Waals surface area contributed by atoms with Crippen molar-refractivity contribution < 1.29 is 13.2 Å². The van der Waals surface area contributed by atoms with Gasteiger partial charge in [0.15, 0.2) is 0 Å². The lowest BCUT2D eigenvalue weighted by Crippen LogP contribution is -2.54. The van der Waals surface area contributed by atoms with Crippen molar-refractivity contribution >= 4 is 10.2 Å². The van der Waals surface area contributed by atoms with E-state index in [1.807, 2.05) is 0 Å². The van der Waals surface area contributed by atoms with Crippen LogP contribution in [0.4, 0.5) is 0 Å². The Labute approximate surface area is 128 Å². The molecule has 21 heavy (non-hydrogen) atoms. The summed E-state index contributed by atoms with van der Waals surface area (Å²) in [6.45, 7) is 7.78. The zero-order chi connectivity index (χ0) is 15.1. The summed E-state index contributed by atoms with van der Waals surface area (Å²) in [5, 5.41) is 5.15. The molecule has 2 fully saturated rings.